The third-order valence-corrected chi connectivity index (χ3v) is 14.1. The van der Waals surface area contributed by atoms with Crippen molar-refractivity contribution in [2.24, 2.45) is 0 Å². The minimum absolute atomic E-state index is 0.648. The fourth-order valence-corrected chi connectivity index (χ4v) is 11.5. The molecule has 0 aliphatic rings. The highest BCUT2D eigenvalue weighted by molar-refractivity contribution is 7.27. The number of rotatable bonds is 5. The Kier molecular flexibility index (Phi) is 7.38. The number of hydrogen-bond donors (Lipinski definition) is 0. The molecule has 0 saturated carbocycles. The van der Waals surface area contributed by atoms with E-state index in [1.807, 2.05) is 24.3 Å². The first-order chi connectivity index (χ1) is 28.2. The third kappa shape index (κ3) is 5.29. The second kappa shape index (κ2) is 12.9. The van der Waals surface area contributed by atoms with E-state index in [0.717, 1.165) is 70.4 Å². The van der Waals surface area contributed by atoms with Crippen LogP contribution in [0, 0.1) is 0 Å². The number of fused-ring (bicyclic) bond motifs is 9. The molecule has 266 valence electrons. The van der Waals surface area contributed by atoms with Gasteiger partial charge in [0.2, 0.25) is 0 Å². The third-order valence-electron chi connectivity index (χ3n) is 10.6. The van der Waals surface area contributed by atoms with Crippen molar-refractivity contribution in [3.63, 3.8) is 0 Å². The van der Waals surface area contributed by atoms with Gasteiger partial charge in [-0.2, -0.15) is 0 Å². The SMILES string of the molecule is c1ccc(-c2nc(-c3cccc4c3sc3ccccc34)nc(-c3cccc4sc5cc(-c6nc(-c7ccccc7)c7sc8ccccc8c7n6)ccc5c34)n2)cc1. The zero-order valence-electron chi connectivity index (χ0n) is 30.0. The Labute approximate surface area is 338 Å². The number of nitrogens with zero attached hydrogens (tertiary/aromatic N) is 5. The van der Waals surface area contributed by atoms with Gasteiger partial charge in [0, 0.05) is 78.2 Å². The van der Waals surface area contributed by atoms with Crippen LogP contribution in [0.4, 0.5) is 0 Å². The molecule has 0 atom stereocenters. The van der Waals surface area contributed by atoms with Gasteiger partial charge in [0.1, 0.15) is 0 Å². The summed E-state index contributed by atoms with van der Waals surface area (Å²) in [6.45, 7) is 0. The zero-order valence-corrected chi connectivity index (χ0v) is 32.5. The molecule has 12 aromatic rings. The molecule has 5 heterocycles. The molecule has 0 spiro atoms. The number of thiophene rings is 3. The van der Waals surface area contributed by atoms with Crippen LogP contribution in [0.15, 0.2) is 164 Å². The van der Waals surface area contributed by atoms with Crippen LogP contribution in [-0.2, 0) is 0 Å². The topological polar surface area (TPSA) is 64.5 Å². The first kappa shape index (κ1) is 32.5. The standard InChI is InChI=1S/C49H27N5S3/c1-3-13-28(14-4-1)42-45-43(34-18-8-10-23-38(34)57-45)51-47(50-42)30-25-26-33-40(27-30)55-39-24-12-20-35(41(33)39)48-52-46(29-15-5-2-6-16-29)53-49(54-48)36-21-11-19-32-31-17-7-9-22-37(31)56-44(32)36/h1-27H. The van der Waals surface area contributed by atoms with Crippen molar-refractivity contribution in [1.82, 2.24) is 24.9 Å². The largest absolute Gasteiger partial charge is 0.226 e. The van der Waals surface area contributed by atoms with Crippen LogP contribution >= 0.6 is 34.0 Å². The second-order valence-electron chi connectivity index (χ2n) is 14.0. The Morgan fingerprint density at radius 2 is 0.912 bits per heavy atom. The maximum Gasteiger partial charge on any atom is 0.165 e. The van der Waals surface area contributed by atoms with E-state index in [1.54, 1.807) is 34.0 Å². The molecule has 5 nitrogen and oxygen atoms in total. The van der Waals surface area contributed by atoms with Crippen LogP contribution in [0.25, 0.3) is 117 Å². The Hall–Kier alpha value is -6.71. The van der Waals surface area contributed by atoms with Crippen molar-refractivity contribution < 1.29 is 0 Å². The van der Waals surface area contributed by atoms with Gasteiger partial charge in [-0.05, 0) is 30.3 Å². The molecular weight excluding hydrogens is 755 g/mol. The summed E-state index contributed by atoms with van der Waals surface area (Å²) in [5.74, 6) is 2.68. The van der Waals surface area contributed by atoms with E-state index in [0.29, 0.717) is 17.5 Å². The fourth-order valence-electron chi connectivity index (χ4n) is 7.92. The zero-order chi connectivity index (χ0) is 37.5. The summed E-state index contributed by atoms with van der Waals surface area (Å²) in [5.41, 5.74) is 6.95. The normalized spacial score (nSPS) is 11.9. The lowest BCUT2D eigenvalue weighted by Crippen LogP contribution is -2.00. The van der Waals surface area contributed by atoms with E-state index < -0.39 is 0 Å². The van der Waals surface area contributed by atoms with Crippen molar-refractivity contribution in [2.45, 2.75) is 0 Å². The van der Waals surface area contributed by atoms with E-state index in [4.69, 9.17) is 24.9 Å². The van der Waals surface area contributed by atoms with Gasteiger partial charge >= 0.3 is 0 Å². The summed E-state index contributed by atoms with van der Waals surface area (Å²) in [7, 11) is 0. The summed E-state index contributed by atoms with van der Waals surface area (Å²) in [5, 5.41) is 5.89. The predicted molar refractivity (Wildman–Crippen MR) is 241 cm³/mol. The van der Waals surface area contributed by atoms with Gasteiger partial charge in [0.15, 0.2) is 23.3 Å². The van der Waals surface area contributed by atoms with Crippen LogP contribution in [0.3, 0.4) is 0 Å². The minimum Gasteiger partial charge on any atom is -0.226 e. The highest BCUT2D eigenvalue weighted by atomic mass is 32.1. The molecule has 0 radical (unpaired) electrons. The lowest BCUT2D eigenvalue weighted by atomic mass is 10.0. The Balaban J connectivity index is 1.05. The maximum absolute atomic E-state index is 5.28. The molecule has 0 aliphatic carbocycles. The summed E-state index contributed by atoms with van der Waals surface area (Å²) < 4.78 is 7.06. The van der Waals surface area contributed by atoms with E-state index in [9.17, 15) is 0 Å². The van der Waals surface area contributed by atoms with Crippen molar-refractivity contribution in [3.05, 3.63) is 164 Å². The first-order valence-corrected chi connectivity index (χ1v) is 21.1. The number of aromatic nitrogens is 5. The van der Waals surface area contributed by atoms with Crippen molar-refractivity contribution >= 4 is 94.7 Å². The number of benzene rings is 7. The van der Waals surface area contributed by atoms with Crippen LogP contribution in [0.2, 0.25) is 0 Å². The highest BCUT2D eigenvalue weighted by Gasteiger charge is 2.21. The van der Waals surface area contributed by atoms with Crippen molar-refractivity contribution in [1.29, 1.82) is 0 Å². The quantitative estimate of drug-likeness (QED) is 0.174. The Morgan fingerprint density at radius 3 is 1.74 bits per heavy atom. The number of hydrogen-bond acceptors (Lipinski definition) is 8. The van der Waals surface area contributed by atoms with Gasteiger partial charge < -0.3 is 0 Å². The molecule has 0 bridgehead atoms. The van der Waals surface area contributed by atoms with Gasteiger partial charge in [0.25, 0.3) is 0 Å². The summed E-state index contributed by atoms with van der Waals surface area (Å²) in [6, 6.07) is 57.2. The van der Waals surface area contributed by atoms with Crippen LogP contribution in [0.5, 0.6) is 0 Å². The van der Waals surface area contributed by atoms with E-state index in [2.05, 4.69) is 140 Å². The summed E-state index contributed by atoms with van der Waals surface area (Å²) in [6.07, 6.45) is 0. The molecule has 0 aliphatic heterocycles. The average molecular weight is 782 g/mol. The molecule has 0 unspecified atom stereocenters. The lowest BCUT2D eigenvalue weighted by Gasteiger charge is -2.10. The predicted octanol–water partition coefficient (Wildman–Crippen LogP) is 14.1. The molecule has 57 heavy (non-hydrogen) atoms. The molecular formula is C49H27N5S3. The minimum atomic E-state index is 0.648. The molecule has 0 fully saturated rings. The summed E-state index contributed by atoms with van der Waals surface area (Å²) in [4.78, 5) is 26.1. The van der Waals surface area contributed by atoms with Crippen molar-refractivity contribution in [3.8, 4) is 56.8 Å². The molecule has 0 saturated heterocycles. The smallest absolute Gasteiger partial charge is 0.165 e. The monoisotopic (exact) mass is 781 g/mol. The Bertz CT molecular complexity index is 3530. The summed E-state index contributed by atoms with van der Waals surface area (Å²) >= 11 is 5.31. The lowest BCUT2D eigenvalue weighted by molar-refractivity contribution is 1.08. The Morgan fingerprint density at radius 1 is 0.316 bits per heavy atom. The molecule has 12 rings (SSSR count). The van der Waals surface area contributed by atoms with Gasteiger partial charge in [0.05, 0.1) is 15.9 Å². The van der Waals surface area contributed by atoms with Gasteiger partial charge in [-0.25, -0.2) is 24.9 Å². The maximum atomic E-state index is 5.28. The first-order valence-electron chi connectivity index (χ1n) is 18.7. The molecule has 7 aromatic carbocycles. The van der Waals surface area contributed by atoms with Gasteiger partial charge in [-0.15, -0.1) is 34.0 Å². The van der Waals surface area contributed by atoms with E-state index in [1.165, 1.54) is 29.6 Å². The van der Waals surface area contributed by atoms with E-state index in [-0.39, 0.29) is 0 Å². The van der Waals surface area contributed by atoms with Crippen LogP contribution in [-0.4, -0.2) is 24.9 Å². The average Bonchev–Trinajstić information content (AvgIpc) is 3.97. The van der Waals surface area contributed by atoms with E-state index >= 15 is 0 Å². The molecule has 0 amide bonds. The highest BCUT2D eigenvalue weighted by Crippen LogP contribution is 2.44. The van der Waals surface area contributed by atoms with Crippen molar-refractivity contribution in [2.75, 3.05) is 0 Å². The van der Waals surface area contributed by atoms with Crippen LogP contribution in [0.1, 0.15) is 0 Å². The fraction of sp³-hybridized carbons (Fsp3) is 0. The van der Waals surface area contributed by atoms with Gasteiger partial charge in [-0.1, -0.05) is 133 Å². The van der Waals surface area contributed by atoms with Crippen LogP contribution < -0.4 is 0 Å². The van der Waals surface area contributed by atoms with Gasteiger partial charge in [-0.3, -0.25) is 0 Å². The second-order valence-corrected chi connectivity index (χ2v) is 17.2. The molecule has 0 N–H and O–H groups in total. The molecule has 5 aromatic heterocycles. The molecule has 8 heteroatoms.